The Morgan fingerprint density at radius 3 is 2.68 bits per heavy atom. The molecule has 1 aliphatic carbocycles. The molecule has 1 aromatic carbocycles. The van der Waals surface area contributed by atoms with Gasteiger partial charge in [-0.05, 0) is 28.8 Å². The highest BCUT2D eigenvalue weighted by Gasteiger charge is 2.39. The third-order valence-corrected chi connectivity index (χ3v) is 4.61. The van der Waals surface area contributed by atoms with Crippen molar-refractivity contribution in [3.05, 3.63) is 16.1 Å². The normalized spacial score (nSPS) is 20.4. The molecule has 4 nitrogen and oxygen atoms in total. The standard InChI is InChI=1S/C14H18BrNO3/c1-17-12-9(15)7-10-13(19-8-18-10)11(12)14(16)5-3-2-4-6-14/h7H,2-6,8,16H2,1H3. The van der Waals surface area contributed by atoms with E-state index in [2.05, 4.69) is 15.9 Å². The van der Waals surface area contributed by atoms with E-state index in [4.69, 9.17) is 19.9 Å². The molecule has 0 spiro atoms. The van der Waals surface area contributed by atoms with Crippen LogP contribution in [0.5, 0.6) is 17.2 Å². The third kappa shape index (κ3) is 2.09. The summed E-state index contributed by atoms with van der Waals surface area (Å²) in [6, 6.07) is 1.89. The summed E-state index contributed by atoms with van der Waals surface area (Å²) in [4.78, 5) is 0. The van der Waals surface area contributed by atoms with Gasteiger partial charge in [-0.1, -0.05) is 19.3 Å². The third-order valence-electron chi connectivity index (χ3n) is 4.02. The Kier molecular flexibility index (Phi) is 3.35. The molecule has 2 N–H and O–H groups in total. The van der Waals surface area contributed by atoms with Crippen molar-refractivity contribution < 1.29 is 14.2 Å². The van der Waals surface area contributed by atoms with Gasteiger partial charge in [-0.25, -0.2) is 0 Å². The molecule has 3 rings (SSSR count). The Morgan fingerprint density at radius 2 is 2.00 bits per heavy atom. The first-order chi connectivity index (χ1) is 9.15. The Morgan fingerprint density at radius 1 is 1.26 bits per heavy atom. The molecule has 1 saturated carbocycles. The first kappa shape index (κ1) is 13.1. The molecule has 104 valence electrons. The fourth-order valence-corrected chi connectivity index (χ4v) is 3.65. The van der Waals surface area contributed by atoms with Gasteiger partial charge in [-0.2, -0.15) is 0 Å². The molecule has 0 saturated heterocycles. The Balaban J connectivity index is 2.17. The van der Waals surface area contributed by atoms with E-state index < -0.39 is 0 Å². The highest BCUT2D eigenvalue weighted by atomic mass is 79.9. The van der Waals surface area contributed by atoms with Gasteiger partial charge in [0.1, 0.15) is 5.75 Å². The van der Waals surface area contributed by atoms with E-state index in [1.165, 1.54) is 6.42 Å². The maximum atomic E-state index is 6.66. The first-order valence-electron chi connectivity index (χ1n) is 6.61. The monoisotopic (exact) mass is 327 g/mol. The lowest BCUT2D eigenvalue weighted by atomic mass is 9.76. The predicted octanol–water partition coefficient (Wildman–Crippen LogP) is 3.30. The Bertz CT molecular complexity index is 494. The summed E-state index contributed by atoms with van der Waals surface area (Å²) in [5.74, 6) is 2.27. The van der Waals surface area contributed by atoms with Crippen LogP contribution in [0, 0.1) is 0 Å². The minimum absolute atomic E-state index is 0.248. The van der Waals surface area contributed by atoms with Crippen molar-refractivity contribution in [2.75, 3.05) is 13.9 Å². The largest absolute Gasteiger partial charge is 0.495 e. The molecule has 1 fully saturated rings. The van der Waals surface area contributed by atoms with Crippen molar-refractivity contribution in [1.82, 2.24) is 0 Å². The van der Waals surface area contributed by atoms with Gasteiger partial charge in [-0.3, -0.25) is 0 Å². The average molecular weight is 328 g/mol. The van der Waals surface area contributed by atoms with Crippen molar-refractivity contribution >= 4 is 15.9 Å². The van der Waals surface area contributed by atoms with Crippen molar-refractivity contribution in [2.45, 2.75) is 37.6 Å². The molecule has 1 aliphatic heterocycles. The van der Waals surface area contributed by atoms with Gasteiger partial charge >= 0.3 is 0 Å². The highest BCUT2D eigenvalue weighted by Crippen LogP contribution is 2.52. The van der Waals surface area contributed by atoms with E-state index in [0.717, 1.165) is 53.0 Å². The van der Waals surface area contributed by atoms with E-state index in [-0.39, 0.29) is 12.3 Å². The zero-order valence-electron chi connectivity index (χ0n) is 11.0. The average Bonchev–Trinajstić information content (AvgIpc) is 2.85. The quantitative estimate of drug-likeness (QED) is 0.905. The fourth-order valence-electron chi connectivity index (χ4n) is 3.08. The second-order valence-corrected chi connectivity index (χ2v) is 6.07. The van der Waals surface area contributed by atoms with Crippen LogP contribution in [-0.4, -0.2) is 13.9 Å². The summed E-state index contributed by atoms with van der Waals surface area (Å²) in [5.41, 5.74) is 7.23. The van der Waals surface area contributed by atoms with Crippen LogP contribution >= 0.6 is 15.9 Å². The molecule has 0 unspecified atom stereocenters. The zero-order chi connectivity index (χ0) is 13.5. The van der Waals surface area contributed by atoms with Crippen LogP contribution in [0.15, 0.2) is 10.5 Å². The lowest BCUT2D eigenvalue weighted by molar-refractivity contribution is 0.170. The number of methoxy groups -OCH3 is 1. The number of hydrogen-bond donors (Lipinski definition) is 1. The van der Waals surface area contributed by atoms with Crippen LogP contribution < -0.4 is 19.9 Å². The van der Waals surface area contributed by atoms with Crippen molar-refractivity contribution in [3.8, 4) is 17.2 Å². The SMILES string of the molecule is COc1c(Br)cc2c(c1C1(N)CCCCC1)OCO2. The summed E-state index contributed by atoms with van der Waals surface area (Å²) in [6.07, 6.45) is 5.43. The van der Waals surface area contributed by atoms with Crippen LogP contribution in [-0.2, 0) is 5.54 Å². The molecule has 0 atom stereocenters. The molecule has 0 aromatic heterocycles. The van der Waals surface area contributed by atoms with Crippen LogP contribution in [0.2, 0.25) is 0 Å². The maximum absolute atomic E-state index is 6.66. The summed E-state index contributed by atoms with van der Waals surface area (Å²) in [7, 11) is 1.66. The predicted molar refractivity (Wildman–Crippen MR) is 75.8 cm³/mol. The lowest BCUT2D eigenvalue weighted by Crippen LogP contribution is -2.39. The second kappa shape index (κ2) is 4.87. The molecular formula is C14H18BrNO3. The van der Waals surface area contributed by atoms with Crippen molar-refractivity contribution in [2.24, 2.45) is 5.73 Å². The number of rotatable bonds is 2. The number of nitrogens with two attached hydrogens (primary N) is 1. The molecule has 0 bridgehead atoms. The second-order valence-electron chi connectivity index (χ2n) is 5.22. The molecule has 0 radical (unpaired) electrons. The Hall–Kier alpha value is -0.940. The molecule has 19 heavy (non-hydrogen) atoms. The van der Waals surface area contributed by atoms with Gasteiger partial charge in [0, 0.05) is 11.6 Å². The number of fused-ring (bicyclic) bond motifs is 1. The smallest absolute Gasteiger partial charge is 0.231 e. The summed E-state index contributed by atoms with van der Waals surface area (Å²) in [5, 5.41) is 0. The minimum Gasteiger partial charge on any atom is -0.495 e. The van der Waals surface area contributed by atoms with E-state index in [0.29, 0.717) is 0 Å². The zero-order valence-corrected chi connectivity index (χ0v) is 12.6. The summed E-state index contributed by atoms with van der Waals surface area (Å²) in [6.45, 7) is 0.248. The van der Waals surface area contributed by atoms with E-state index in [1.54, 1.807) is 7.11 Å². The molecule has 5 heteroatoms. The summed E-state index contributed by atoms with van der Waals surface area (Å²) >= 11 is 3.54. The molecule has 0 amide bonds. The lowest BCUT2D eigenvalue weighted by Gasteiger charge is -2.35. The molecule has 2 aliphatic rings. The topological polar surface area (TPSA) is 53.7 Å². The van der Waals surface area contributed by atoms with Crippen LogP contribution in [0.1, 0.15) is 37.7 Å². The van der Waals surface area contributed by atoms with Gasteiger partial charge < -0.3 is 19.9 Å². The van der Waals surface area contributed by atoms with Gasteiger partial charge in [0.15, 0.2) is 11.5 Å². The van der Waals surface area contributed by atoms with Crippen LogP contribution in [0.4, 0.5) is 0 Å². The van der Waals surface area contributed by atoms with Crippen molar-refractivity contribution in [3.63, 3.8) is 0 Å². The van der Waals surface area contributed by atoms with Gasteiger partial charge in [0.05, 0.1) is 17.1 Å². The number of benzene rings is 1. The number of hydrogen-bond acceptors (Lipinski definition) is 4. The molecule has 1 heterocycles. The van der Waals surface area contributed by atoms with Crippen molar-refractivity contribution in [1.29, 1.82) is 0 Å². The number of halogens is 1. The minimum atomic E-state index is -0.384. The fraction of sp³-hybridized carbons (Fsp3) is 0.571. The van der Waals surface area contributed by atoms with Gasteiger partial charge in [0.2, 0.25) is 6.79 Å². The molecule has 1 aromatic rings. The maximum Gasteiger partial charge on any atom is 0.231 e. The highest BCUT2D eigenvalue weighted by molar-refractivity contribution is 9.10. The van der Waals surface area contributed by atoms with Gasteiger partial charge in [0.25, 0.3) is 0 Å². The Labute approximate surface area is 121 Å². The van der Waals surface area contributed by atoms with Crippen LogP contribution in [0.3, 0.4) is 0 Å². The van der Waals surface area contributed by atoms with E-state index in [9.17, 15) is 0 Å². The van der Waals surface area contributed by atoms with E-state index in [1.807, 2.05) is 6.07 Å². The number of ether oxygens (including phenoxy) is 3. The van der Waals surface area contributed by atoms with Crippen LogP contribution in [0.25, 0.3) is 0 Å². The molecular weight excluding hydrogens is 310 g/mol. The summed E-state index contributed by atoms with van der Waals surface area (Å²) < 4.78 is 17.6. The first-order valence-corrected chi connectivity index (χ1v) is 7.40. The van der Waals surface area contributed by atoms with E-state index >= 15 is 0 Å². The van der Waals surface area contributed by atoms with Gasteiger partial charge in [-0.15, -0.1) is 0 Å².